The highest BCUT2D eigenvalue weighted by Gasteiger charge is 2.07. The Morgan fingerprint density at radius 3 is 3.06 bits per heavy atom. The van der Waals surface area contributed by atoms with Crippen LogP contribution in [0.1, 0.15) is 13.3 Å². The van der Waals surface area contributed by atoms with Gasteiger partial charge in [0.05, 0.1) is 11.9 Å². The molecule has 5 heteroatoms. The van der Waals surface area contributed by atoms with Crippen LogP contribution in [-0.2, 0) is 6.54 Å². The van der Waals surface area contributed by atoms with Crippen LogP contribution in [0.5, 0.6) is 0 Å². The van der Waals surface area contributed by atoms with Crippen molar-refractivity contribution >= 4 is 5.69 Å². The Hall–Kier alpha value is -1.91. The van der Waals surface area contributed by atoms with E-state index in [0.29, 0.717) is 0 Å². The Bertz CT molecular complexity index is 463. The van der Waals surface area contributed by atoms with E-state index in [4.69, 9.17) is 0 Å². The lowest BCUT2D eigenvalue weighted by Crippen LogP contribution is -2.02. The van der Waals surface area contributed by atoms with Gasteiger partial charge in [0.25, 0.3) is 0 Å². The van der Waals surface area contributed by atoms with Gasteiger partial charge in [-0.3, -0.25) is 4.98 Å². The Morgan fingerprint density at radius 1 is 1.44 bits per heavy atom. The minimum absolute atomic E-state index is 0.862. The van der Waals surface area contributed by atoms with Gasteiger partial charge in [-0.2, -0.15) is 0 Å². The van der Waals surface area contributed by atoms with Gasteiger partial charge in [0.1, 0.15) is 5.69 Å². The lowest BCUT2D eigenvalue weighted by molar-refractivity contribution is 0.583. The summed E-state index contributed by atoms with van der Waals surface area (Å²) >= 11 is 0. The number of rotatable bonds is 4. The maximum atomic E-state index is 4.33. The average molecular weight is 217 g/mol. The van der Waals surface area contributed by atoms with Crippen molar-refractivity contribution < 1.29 is 0 Å². The van der Waals surface area contributed by atoms with Gasteiger partial charge in [-0.15, -0.1) is 5.10 Å². The minimum atomic E-state index is 0.862. The molecule has 0 aliphatic heterocycles. The summed E-state index contributed by atoms with van der Waals surface area (Å²) < 4.78 is 1.88. The first kappa shape index (κ1) is 10.6. The highest BCUT2D eigenvalue weighted by atomic mass is 15.4. The first-order valence-corrected chi connectivity index (χ1v) is 5.37. The van der Waals surface area contributed by atoms with E-state index in [9.17, 15) is 0 Å². The molecule has 2 aromatic heterocycles. The van der Waals surface area contributed by atoms with Crippen LogP contribution in [0.25, 0.3) is 11.4 Å². The van der Waals surface area contributed by atoms with Gasteiger partial charge in [0, 0.05) is 25.5 Å². The number of aryl methyl sites for hydroxylation is 1. The molecule has 0 atom stereocenters. The van der Waals surface area contributed by atoms with Crippen LogP contribution in [0.3, 0.4) is 0 Å². The zero-order chi connectivity index (χ0) is 11.4. The SMILES string of the molecule is CCCn1nncc1-c1cc(NC)ccn1. The van der Waals surface area contributed by atoms with Gasteiger partial charge in [-0.05, 0) is 18.6 Å². The Kier molecular flexibility index (Phi) is 3.14. The molecule has 84 valence electrons. The van der Waals surface area contributed by atoms with Crippen molar-refractivity contribution in [1.82, 2.24) is 20.0 Å². The van der Waals surface area contributed by atoms with Crippen molar-refractivity contribution in [2.45, 2.75) is 19.9 Å². The van der Waals surface area contributed by atoms with Crippen LogP contribution >= 0.6 is 0 Å². The summed E-state index contributed by atoms with van der Waals surface area (Å²) in [6.45, 7) is 2.98. The van der Waals surface area contributed by atoms with E-state index in [-0.39, 0.29) is 0 Å². The summed E-state index contributed by atoms with van der Waals surface area (Å²) in [7, 11) is 1.89. The van der Waals surface area contributed by atoms with Crippen LogP contribution in [-0.4, -0.2) is 27.0 Å². The highest BCUT2D eigenvalue weighted by Crippen LogP contribution is 2.18. The minimum Gasteiger partial charge on any atom is -0.388 e. The van der Waals surface area contributed by atoms with E-state index in [0.717, 1.165) is 30.0 Å². The summed E-state index contributed by atoms with van der Waals surface area (Å²) in [6.07, 6.45) is 4.56. The largest absolute Gasteiger partial charge is 0.388 e. The number of hydrogen-bond acceptors (Lipinski definition) is 4. The molecule has 16 heavy (non-hydrogen) atoms. The molecule has 0 radical (unpaired) electrons. The van der Waals surface area contributed by atoms with E-state index in [2.05, 4.69) is 27.5 Å². The smallest absolute Gasteiger partial charge is 0.107 e. The Balaban J connectivity index is 2.37. The molecule has 0 unspecified atom stereocenters. The first-order chi connectivity index (χ1) is 7.85. The van der Waals surface area contributed by atoms with Gasteiger partial charge >= 0.3 is 0 Å². The van der Waals surface area contributed by atoms with Crippen molar-refractivity contribution in [2.75, 3.05) is 12.4 Å². The van der Waals surface area contributed by atoms with E-state index in [1.54, 1.807) is 12.4 Å². The quantitative estimate of drug-likeness (QED) is 0.848. The zero-order valence-electron chi connectivity index (χ0n) is 9.51. The summed E-state index contributed by atoms with van der Waals surface area (Å²) in [5.74, 6) is 0. The van der Waals surface area contributed by atoms with Crippen LogP contribution in [0.15, 0.2) is 24.5 Å². The molecule has 0 amide bonds. The Labute approximate surface area is 94.5 Å². The van der Waals surface area contributed by atoms with Crippen molar-refractivity contribution in [3.05, 3.63) is 24.5 Å². The predicted octanol–water partition coefficient (Wildman–Crippen LogP) is 1.79. The molecule has 2 heterocycles. The number of pyridine rings is 1. The van der Waals surface area contributed by atoms with Crippen molar-refractivity contribution in [3.63, 3.8) is 0 Å². The molecule has 2 rings (SSSR count). The number of aromatic nitrogens is 4. The summed E-state index contributed by atoms with van der Waals surface area (Å²) in [6, 6.07) is 3.92. The summed E-state index contributed by atoms with van der Waals surface area (Å²) in [5, 5.41) is 11.1. The van der Waals surface area contributed by atoms with Crippen LogP contribution in [0.2, 0.25) is 0 Å². The molecule has 0 fully saturated rings. The van der Waals surface area contributed by atoms with E-state index in [1.165, 1.54) is 0 Å². The molecule has 0 spiro atoms. The molecule has 5 nitrogen and oxygen atoms in total. The molecule has 0 saturated heterocycles. The Morgan fingerprint density at radius 2 is 2.31 bits per heavy atom. The summed E-state index contributed by atoms with van der Waals surface area (Å²) in [5.41, 5.74) is 2.89. The van der Waals surface area contributed by atoms with Crippen LogP contribution in [0.4, 0.5) is 5.69 Å². The maximum Gasteiger partial charge on any atom is 0.107 e. The molecule has 0 aromatic carbocycles. The number of nitrogens with one attached hydrogen (secondary N) is 1. The highest BCUT2D eigenvalue weighted by molar-refractivity contribution is 5.59. The topological polar surface area (TPSA) is 55.6 Å². The predicted molar refractivity (Wildman–Crippen MR) is 63.1 cm³/mol. The van der Waals surface area contributed by atoms with Gasteiger partial charge in [-0.1, -0.05) is 12.1 Å². The van der Waals surface area contributed by atoms with Gasteiger partial charge in [0.15, 0.2) is 0 Å². The van der Waals surface area contributed by atoms with Crippen molar-refractivity contribution in [3.8, 4) is 11.4 Å². The van der Waals surface area contributed by atoms with Crippen molar-refractivity contribution in [1.29, 1.82) is 0 Å². The second-order valence-electron chi connectivity index (χ2n) is 3.52. The molecule has 0 aliphatic carbocycles. The summed E-state index contributed by atoms with van der Waals surface area (Å²) in [4.78, 5) is 4.33. The van der Waals surface area contributed by atoms with Crippen molar-refractivity contribution in [2.24, 2.45) is 0 Å². The number of anilines is 1. The monoisotopic (exact) mass is 217 g/mol. The fourth-order valence-electron chi connectivity index (χ4n) is 1.56. The maximum absolute atomic E-state index is 4.33. The van der Waals surface area contributed by atoms with Crippen LogP contribution < -0.4 is 5.32 Å². The lowest BCUT2D eigenvalue weighted by Gasteiger charge is -2.05. The van der Waals surface area contributed by atoms with Crippen LogP contribution in [0, 0.1) is 0 Å². The molecular formula is C11H15N5. The third-order valence-corrected chi connectivity index (χ3v) is 2.36. The van der Waals surface area contributed by atoms with Gasteiger partial charge < -0.3 is 5.32 Å². The molecule has 0 bridgehead atoms. The van der Waals surface area contributed by atoms with E-state index >= 15 is 0 Å². The van der Waals surface area contributed by atoms with E-state index < -0.39 is 0 Å². The first-order valence-electron chi connectivity index (χ1n) is 5.37. The fraction of sp³-hybridized carbons (Fsp3) is 0.364. The normalized spacial score (nSPS) is 10.4. The molecule has 1 N–H and O–H groups in total. The second-order valence-corrected chi connectivity index (χ2v) is 3.52. The average Bonchev–Trinajstić information content (AvgIpc) is 2.78. The number of nitrogens with zero attached hydrogens (tertiary/aromatic N) is 4. The number of hydrogen-bond donors (Lipinski definition) is 1. The third-order valence-electron chi connectivity index (χ3n) is 2.36. The lowest BCUT2D eigenvalue weighted by atomic mass is 10.2. The molecule has 2 aromatic rings. The van der Waals surface area contributed by atoms with Gasteiger partial charge in [0.2, 0.25) is 0 Å². The standard InChI is InChI=1S/C11H15N5/c1-3-6-16-11(8-14-15-16)10-7-9(12-2)4-5-13-10/h4-5,7-8H,3,6H2,1-2H3,(H,12,13). The molecule has 0 aliphatic rings. The second kappa shape index (κ2) is 4.74. The fourth-order valence-corrected chi connectivity index (χ4v) is 1.56. The third kappa shape index (κ3) is 2.03. The van der Waals surface area contributed by atoms with E-state index in [1.807, 2.05) is 23.9 Å². The molecule has 0 saturated carbocycles. The zero-order valence-corrected chi connectivity index (χ0v) is 9.51. The van der Waals surface area contributed by atoms with Gasteiger partial charge in [-0.25, -0.2) is 4.68 Å². The molecular weight excluding hydrogens is 202 g/mol.